The predicted octanol–water partition coefficient (Wildman–Crippen LogP) is 1.16. The number of carboxylic acid groups (broad SMARTS) is 1. The van der Waals surface area contributed by atoms with Crippen LogP contribution in [-0.4, -0.2) is 48.7 Å². The third-order valence-corrected chi connectivity index (χ3v) is 6.68. The lowest BCUT2D eigenvalue weighted by molar-refractivity contribution is -0.120. The highest BCUT2D eigenvalue weighted by Gasteiger charge is 2.23. The van der Waals surface area contributed by atoms with Crippen molar-refractivity contribution in [2.24, 2.45) is 0 Å². The minimum absolute atomic E-state index is 0.0991. The van der Waals surface area contributed by atoms with Crippen LogP contribution in [0, 0.1) is 6.92 Å². The van der Waals surface area contributed by atoms with E-state index in [9.17, 15) is 27.9 Å². The van der Waals surface area contributed by atoms with Crippen molar-refractivity contribution in [2.45, 2.75) is 24.8 Å². The standard InChI is InChI=1S/C19H19N3O7S2/c1-11-3-5-12(6-4-11)31(27,28)21-15(23)9-22-14(7-8-29-2)20-17-16(18(22)24)13(10-30-17)19(25)26/h3-6,10H,7-9H2,1-2H3,(H,21,23)(H,25,26). The second-order valence-corrected chi connectivity index (χ2v) is 9.18. The molecule has 0 aliphatic heterocycles. The number of thiophene rings is 1. The van der Waals surface area contributed by atoms with Crippen molar-refractivity contribution in [1.29, 1.82) is 0 Å². The third-order valence-electron chi connectivity index (χ3n) is 4.41. The maximum atomic E-state index is 13.0. The van der Waals surface area contributed by atoms with Gasteiger partial charge in [-0.3, -0.25) is 14.2 Å². The Hall–Kier alpha value is -3.09. The van der Waals surface area contributed by atoms with Crippen molar-refractivity contribution < 1.29 is 27.9 Å². The topological polar surface area (TPSA) is 145 Å². The number of nitrogens with one attached hydrogen (secondary N) is 1. The Balaban J connectivity index is 1.98. The highest BCUT2D eigenvalue weighted by atomic mass is 32.2. The summed E-state index contributed by atoms with van der Waals surface area (Å²) in [7, 11) is -2.69. The lowest BCUT2D eigenvalue weighted by atomic mass is 10.2. The molecule has 0 spiro atoms. The van der Waals surface area contributed by atoms with Gasteiger partial charge in [-0.2, -0.15) is 0 Å². The Morgan fingerprint density at radius 2 is 1.94 bits per heavy atom. The van der Waals surface area contributed by atoms with Gasteiger partial charge in [-0.05, 0) is 19.1 Å². The van der Waals surface area contributed by atoms with Gasteiger partial charge in [0.15, 0.2) is 0 Å². The molecular weight excluding hydrogens is 446 g/mol. The molecular formula is C19H19N3O7S2. The van der Waals surface area contributed by atoms with Gasteiger partial charge in [0.2, 0.25) is 0 Å². The number of carboxylic acids is 1. The number of benzene rings is 1. The molecule has 0 unspecified atom stereocenters. The summed E-state index contributed by atoms with van der Waals surface area (Å²) >= 11 is 0.998. The van der Waals surface area contributed by atoms with E-state index in [0.717, 1.165) is 21.5 Å². The molecule has 0 bridgehead atoms. The van der Waals surface area contributed by atoms with Crippen LogP contribution < -0.4 is 10.3 Å². The van der Waals surface area contributed by atoms with Gasteiger partial charge in [0.05, 0.1) is 22.5 Å². The Morgan fingerprint density at radius 1 is 1.26 bits per heavy atom. The lowest BCUT2D eigenvalue weighted by Gasteiger charge is -2.13. The van der Waals surface area contributed by atoms with Gasteiger partial charge in [-0.1, -0.05) is 17.7 Å². The van der Waals surface area contributed by atoms with Crippen LogP contribution in [0.25, 0.3) is 10.2 Å². The molecule has 0 saturated heterocycles. The van der Waals surface area contributed by atoms with Gasteiger partial charge in [-0.25, -0.2) is 22.9 Å². The molecule has 0 atom stereocenters. The molecule has 0 aliphatic carbocycles. The average molecular weight is 466 g/mol. The zero-order valence-electron chi connectivity index (χ0n) is 16.6. The zero-order valence-corrected chi connectivity index (χ0v) is 18.2. The molecule has 0 radical (unpaired) electrons. The first-order valence-electron chi connectivity index (χ1n) is 8.99. The first-order chi connectivity index (χ1) is 14.6. The monoisotopic (exact) mass is 465 g/mol. The van der Waals surface area contributed by atoms with Gasteiger partial charge in [0, 0.05) is 18.9 Å². The van der Waals surface area contributed by atoms with Crippen molar-refractivity contribution in [3.8, 4) is 0 Å². The molecule has 12 heteroatoms. The summed E-state index contributed by atoms with van der Waals surface area (Å²) in [6, 6.07) is 5.90. The summed E-state index contributed by atoms with van der Waals surface area (Å²) in [6.45, 7) is 1.33. The molecule has 10 nitrogen and oxygen atoms in total. The van der Waals surface area contributed by atoms with Gasteiger partial charge in [0.1, 0.15) is 17.2 Å². The van der Waals surface area contributed by atoms with E-state index in [2.05, 4.69) is 4.98 Å². The van der Waals surface area contributed by atoms with Crippen LogP contribution in [-0.2, 0) is 32.5 Å². The maximum absolute atomic E-state index is 13.0. The number of carbonyl (C=O) groups excluding carboxylic acids is 1. The van der Waals surface area contributed by atoms with E-state index in [4.69, 9.17) is 4.74 Å². The number of amides is 1. The number of aromatic carboxylic acids is 1. The number of aromatic nitrogens is 2. The number of hydrogen-bond donors (Lipinski definition) is 2. The van der Waals surface area contributed by atoms with Crippen LogP contribution in [0.2, 0.25) is 0 Å². The molecule has 0 fully saturated rings. The number of nitrogens with zero attached hydrogens (tertiary/aromatic N) is 2. The highest BCUT2D eigenvalue weighted by molar-refractivity contribution is 7.90. The second kappa shape index (κ2) is 8.96. The Labute approximate surface area is 181 Å². The quantitative estimate of drug-likeness (QED) is 0.504. The van der Waals surface area contributed by atoms with E-state index in [1.54, 1.807) is 19.1 Å². The van der Waals surface area contributed by atoms with E-state index in [0.29, 0.717) is 0 Å². The second-order valence-electron chi connectivity index (χ2n) is 6.64. The molecule has 1 amide bonds. The van der Waals surface area contributed by atoms with Gasteiger partial charge in [-0.15, -0.1) is 11.3 Å². The SMILES string of the molecule is COCCc1nc2scc(C(=O)O)c2c(=O)n1CC(=O)NS(=O)(=O)c1ccc(C)cc1. The molecule has 164 valence electrons. The fraction of sp³-hybridized carbons (Fsp3) is 0.263. The molecule has 31 heavy (non-hydrogen) atoms. The van der Waals surface area contributed by atoms with Crippen molar-refractivity contribution in [3.63, 3.8) is 0 Å². The fourth-order valence-corrected chi connectivity index (χ4v) is 4.77. The number of ether oxygens (including phenoxy) is 1. The Morgan fingerprint density at radius 3 is 2.55 bits per heavy atom. The van der Waals surface area contributed by atoms with Crippen molar-refractivity contribution in [3.05, 3.63) is 57.0 Å². The molecule has 3 rings (SSSR count). The number of aryl methyl sites for hydroxylation is 1. The molecule has 2 N–H and O–H groups in total. The van der Waals surface area contributed by atoms with Crippen LogP contribution in [0.1, 0.15) is 21.7 Å². The summed E-state index contributed by atoms with van der Waals surface area (Å²) in [5.41, 5.74) is -0.112. The zero-order chi connectivity index (χ0) is 22.8. The summed E-state index contributed by atoms with van der Waals surface area (Å²) < 4.78 is 32.8. The maximum Gasteiger partial charge on any atom is 0.337 e. The number of sulfonamides is 1. The van der Waals surface area contributed by atoms with E-state index in [1.807, 2.05) is 4.72 Å². The fourth-order valence-electron chi connectivity index (χ4n) is 2.87. The molecule has 0 aliphatic rings. The summed E-state index contributed by atoms with van der Waals surface area (Å²) in [5, 5.41) is 10.5. The van der Waals surface area contributed by atoms with Crippen molar-refractivity contribution in [2.75, 3.05) is 13.7 Å². The van der Waals surface area contributed by atoms with E-state index >= 15 is 0 Å². The molecule has 2 heterocycles. The van der Waals surface area contributed by atoms with Crippen LogP contribution in [0.5, 0.6) is 0 Å². The first-order valence-corrected chi connectivity index (χ1v) is 11.4. The predicted molar refractivity (Wildman–Crippen MR) is 113 cm³/mol. The average Bonchev–Trinajstić information content (AvgIpc) is 3.13. The van der Waals surface area contributed by atoms with Crippen molar-refractivity contribution in [1.82, 2.24) is 14.3 Å². The largest absolute Gasteiger partial charge is 0.478 e. The first kappa shape index (κ1) is 22.6. The van der Waals surface area contributed by atoms with Gasteiger partial charge < -0.3 is 9.84 Å². The Bertz CT molecular complexity index is 1310. The minimum atomic E-state index is -4.14. The van der Waals surface area contributed by atoms with Crippen molar-refractivity contribution >= 4 is 43.5 Å². The molecule has 1 aromatic carbocycles. The minimum Gasteiger partial charge on any atom is -0.478 e. The third kappa shape index (κ3) is 4.81. The number of fused-ring (bicyclic) bond motifs is 1. The lowest BCUT2D eigenvalue weighted by Crippen LogP contribution is -2.37. The van der Waals surface area contributed by atoms with E-state index < -0.39 is 34.0 Å². The molecule has 3 aromatic rings. The molecule has 0 saturated carbocycles. The normalized spacial score (nSPS) is 11.5. The van der Waals surface area contributed by atoms with Crippen LogP contribution >= 0.6 is 11.3 Å². The summed E-state index contributed by atoms with van der Waals surface area (Å²) in [5.74, 6) is -2.08. The summed E-state index contributed by atoms with van der Waals surface area (Å²) in [6.07, 6.45) is 0.167. The molecule has 2 aromatic heterocycles. The van der Waals surface area contributed by atoms with Gasteiger partial charge >= 0.3 is 5.97 Å². The Kier molecular flexibility index (Phi) is 6.53. The number of rotatable bonds is 8. The number of methoxy groups -OCH3 is 1. The summed E-state index contributed by atoms with van der Waals surface area (Å²) in [4.78, 5) is 41.4. The van der Waals surface area contributed by atoms with Crippen LogP contribution in [0.3, 0.4) is 0 Å². The van der Waals surface area contributed by atoms with Gasteiger partial charge in [0.25, 0.3) is 21.5 Å². The number of hydrogen-bond acceptors (Lipinski definition) is 8. The van der Waals surface area contributed by atoms with E-state index in [-0.39, 0.29) is 39.5 Å². The van der Waals surface area contributed by atoms with Crippen LogP contribution in [0.15, 0.2) is 39.3 Å². The van der Waals surface area contributed by atoms with E-state index in [1.165, 1.54) is 24.6 Å². The highest BCUT2D eigenvalue weighted by Crippen LogP contribution is 2.22. The number of carbonyl (C=O) groups is 2. The van der Waals surface area contributed by atoms with Crippen LogP contribution in [0.4, 0.5) is 0 Å². The smallest absolute Gasteiger partial charge is 0.337 e.